The lowest BCUT2D eigenvalue weighted by Crippen LogP contribution is -2.48. The van der Waals surface area contributed by atoms with E-state index in [1.54, 1.807) is 0 Å². The van der Waals surface area contributed by atoms with Crippen LogP contribution in [0.5, 0.6) is 0 Å². The maximum atomic E-state index is 14.9. The molecule has 1 saturated heterocycles. The summed E-state index contributed by atoms with van der Waals surface area (Å²) in [7, 11) is 0. The van der Waals surface area contributed by atoms with Gasteiger partial charge in [-0.1, -0.05) is 0 Å². The van der Waals surface area contributed by atoms with Crippen molar-refractivity contribution < 1.29 is 40.6 Å². The van der Waals surface area contributed by atoms with Crippen LogP contribution < -0.4 is 11.1 Å². The molecule has 3 heterocycles. The third-order valence-electron chi connectivity index (χ3n) is 5.70. The molecule has 1 aromatic heterocycles. The molecule has 4 rings (SSSR count). The van der Waals surface area contributed by atoms with Crippen molar-refractivity contribution in [3.8, 4) is 0 Å². The highest BCUT2D eigenvalue weighted by atomic mass is 19.4. The molecule has 1 aromatic carbocycles. The molecule has 2 aliphatic heterocycles. The average molecular weight is 488 g/mol. The minimum Gasteiger partial charge on any atom is -0.465 e. The lowest BCUT2D eigenvalue weighted by atomic mass is 9.76. The fraction of sp³-hybridized carbons (Fsp3) is 0.381. The van der Waals surface area contributed by atoms with Crippen molar-refractivity contribution in [3.63, 3.8) is 0 Å². The number of aliphatic imine (C=N–C) groups is 1. The predicted octanol–water partition coefficient (Wildman–Crippen LogP) is 3.70. The number of rotatable bonds is 4. The van der Waals surface area contributed by atoms with Gasteiger partial charge >= 0.3 is 6.18 Å². The summed E-state index contributed by atoms with van der Waals surface area (Å²) in [5, 5.41) is 2.40. The SMILES string of the molecule is CC(F)(F)C1OCC2(c3cc(NC(=O)c4ccc(C(F)(F)F)cn4)ccc3F)N=C(N)OCC12. The Bertz CT molecular complexity index is 1130. The molecule has 2 aliphatic rings. The molecule has 2 aromatic rings. The van der Waals surface area contributed by atoms with E-state index in [1.807, 2.05) is 0 Å². The van der Waals surface area contributed by atoms with Gasteiger partial charge in [0.2, 0.25) is 0 Å². The molecule has 0 bridgehead atoms. The number of nitrogens with two attached hydrogens (primary N) is 1. The second-order valence-corrected chi connectivity index (χ2v) is 8.06. The maximum absolute atomic E-state index is 14.9. The van der Waals surface area contributed by atoms with E-state index in [0.717, 1.165) is 12.1 Å². The second kappa shape index (κ2) is 8.15. The maximum Gasteiger partial charge on any atom is 0.417 e. The van der Waals surface area contributed by atoms with E-state index >= 15 is 0 Å². The van der Waals surface area contributed by atoms with Crippen LogP contribution in [-0.4, -0.2) is 42.2 Å². The van der Waals surface area contributed by atoms with Gasteiger partial charge in [-0.3, -0.25) is 9.78 Å². The Balaban J connectivity index is 1.66. The van der Waals surface area contributed by atoms with Gasteiger partial charge in [0.1, 0.15) is 23.2 Å². The number of carbonyl (C=O) groups is 1. The van der Waals surface area contributed by atoms with Gasteiger partial charge < -0.3 is 20.5 Å². The first-order valence-electron chi connectivity index (χ1n) is 9.93. The Kier molecular flexibility index (Phi) is 5.70. The number of halogens is 6. The monoisotopic (exact) mass is 488 g/mol. The fourth-order valence-electron chi connectivity index (χ4n) is 4.10. The molecule has 13 heteroatoms. The highest BCUT2D eigenvalue weighted by Gasteiger charge is 2.60. The Morgan fingerprint density at radius 2 is 1.94 bits per heavy atom. The van der Waals surface area contributed by atoms with Crippen molar-refractivity contribution >= 4 is 17.6 Å². The van der Waals surface area contributed by atoms with E-state index < -0.39 is 53.6 Å². The highest BCUT2D eigenvalue weighted by Crippen LogP contribution is 2.49. The number of amidine groups is 1. The summed E-state index contributed by atoms with van der Waals surface area (Å²) in [5.41, 5.74) is 2.54. The van der Waals surface area contributed by atoms with Crippen LogP contribution in [0.4, 0.5) is 32.0 Å². The van der Waals surface area contributed by atoms with Crippen LogP contribution >= 0.6 is 0 Å². The van der Waals surface area contributed by atoms with Crippen LogP contribution in [0, 0.1) is 11.7 Å². The van der Waals surface area contributed by atoms with Gasteiger partial charge in [0, 0.05) is 24.4 Å². The highest BCUT2D eigenvalue weighted by molar-refractivity contribution is 6.02. The Labute approximate surface area is 189 Å². The number of amides is 1. The van der Waals surface area contributed by atoms with Crippen molar-refractivity contribution in [2.75, 3.05) is 18.5 Å². The molecule has 34 heavy (non-hydrogen) atoms. The normalized spacial score (nSPS) is 24.7. The molecule has 0 aliphatic carbocycles. The molecule has 0 saturated carbocycles. The summed E-state index contributed by atoms with van der Waals surface area (Å²) in [4.78, 5) is 20.1. The second-order valence-electron chi connectivity index (χ2n) is 8.06. The molecule has 1 amide bonds. The van der Waals surface area contributed by atoms with Crippen molar-refractivity contribution in [2.24, 2.45) is 16.6 Å². The summed E-state index contributed by atoms with van der Waals surface area (Å²) in [6, 6.07) is 4.63. The molecule has 0 radical (unpaired) electrons. The molecule has 3 unspecified atom stereocenters. The number of nitrogens with one attached hydrogen (secondary N) is 1. The summed E-state index contributed by atoms with van der Waals surface area (Å²) in [6.45, 7) is -0.0426. The first-order valence-corrected chi connectivity index (χ1v) is 9.93. The largest absolute Gasteiger partial charge is 0.465 e. The lowest BCUT2D eigenvalue weighted by molar-refractivity contribution is -0.137. The van der Waals surface area contributed by atoms with Gasteiger partial charge in [-0.05, 0) is 30.3 Å². The van der Waals surface area contributed by atoms with Gasteiger partial charge in [-0.25, -0.2) is 18.2 Å². The Morgan fingerprint density at radius 3 is 2.56 bits per heavy atom. The molecule has 0 spiro atoms. The average Bonchev–Trinajstić information content (AvgIpc) is 3.14. The van der Waals surface area contributed by atoms with Gasteiger partial charge in [-0.15, -0.1) is 0 Å². The molecule has 1 fully saturated rings. The number of fused-ring (bicyclic) bond motifs is 1. The molecule has 182 valence electrons. The smallest absolute Gasteiger partial charge is 0.417 e. The topological polar surface area (TPSA) is 98.8 Å². The number of ether oxygens (including phenoxy) is 2. The van der Waals surface area contributed by atoms with Crippen LogP contribution in [0.25, 0.3) is 0 Å². The number of aromatic nitrogens is 1. The molecular weight excluding hydrogens is 470 g/mol. The number of anilines is 1. The number of nitrogens with zero attached hydrogens (tertiary/aromatic N) is 2. The molecule has 7 nitrogen and oxygen atoms in total. The summed E-state index contributed by atoms with van der Waals surface area (Å²) >= 11 is 0. The van der Waals surface area contributed by atoms with Gasteiger partial charge in [0.25, 0.3) is 17.9 Å². The third-order valence-corrected chi connectivity index (χ3v) is 5.70. The van der Waals surface area contributed by atoms with Crippen LogP contribution in [0.1, 0.15) is 28.5 Å². The minimum atomic E-state index is -4.62. The van der Waals surface area contributed by atoms with Crippen LogP contribution in [-0.2, 0) is 21.2 Å². The quantitative estimate of drug-likeness (QED) is 0.640. The number of alkyl halides is 5. The van der Waals surface area contributed by atoms with Crippen molar-refractivity contribution in [1.29, 1.82) is 0 Å². The zero-order valence-electron chi connectivity index (χ0n) is 17.5. The van der Waals surface area contributed by atoms with Crippen molar-refractivity contribution in [2.45, 2.75) is 30.7 Å². The van der Waals surface area contributed by atoms with Crippen LogP contribution in [0.15, 0.2) is 41.5 Å². The van der Waals surface area contributed by atoms with E-state index in [-0.39, 0.29) is 29.6 Å². The number of hydrogen-bond donors (Lipinski definition) is 2. The van der Waals surface area contributed by atoms with E-state index in [2.05, 4.69) is 15.3 Å². The first kappa shape index (κ1) is 23.8. The van der Waals surface area contributed by atoms with E-state index in [1.165, 1.54) is 12.1 Å². The summed E-state index contributed by atoms with van der Waals surface area (Å²) in [6.07, 6.45) is -5.74. The Morgan fingerprint density at radius 1 is 1.21 bits per heavy atom. The third kappa shape index (κ3) is 4.27. The summed E-state index contributed by atoms with van der Waals surface area (Å²) in [5.74, 6) is -6.04. The van der Waals surface area contributed by atoms with Crippen LogP contribution in [0.2, 0.25) is 0 Å². The molecule has 3 atom stereocenters. The molecule has 3 N–H and O–H groups in total. The van der Waals surface area contributed by atoms with Crippen molar-refractivity contribution in [1.82, 2.24) is 4.98 Å². The van der Waals surface area contributed by atoms with Crippen molar-refractivity contribution in [3.05, 3.63) is 59.2 Å². The number of hydrogen-bond acceptors (Lipinski definition) is 6. The minimum absolute atomic E-state index is 0.0307. The van der Waals surface area contributed by atoms with E-state index in [9.17, 15) is 31.1 Å². The number of carbonyl (C=O) groups excluding carboxylic acids is 1. The zero-order chi connectivity index (χ0) is 24.9. The first-order chi connectivity index (χ1) is 15.8. The zero-order valence-corrected chi connectivity index (χ0v) is 17.5. The van der Waals surface area contributed by atoms with Gasteiger partial charge in [-0.2, -0.15) is 13.2 Å². The van der Waals surface area contributed by atoms with E-state index in [0.29, 0.717) is 19.2 Å². The molecular formula is C21H18F6N4O3. The summed E-state index contributed by atoms with van der Waals surface area (Å²) < 4.78 is 91.7. The van der Waals surface area contributed by atoms with E-state index in [4.69, 9.17) is 15.2 Å². The fourth-order valence-corrected chi connectivity index (χ4v) is 4.10. The number of benzene rings is 1. The van der Waals surface area contributed by atoms with Crippen LogP contribution in [0.3, 0.4) is 0 Å². The Hall–Kier alpha value is -3.35. The lowest BCUT2D eigenvalue weighted by Gasteiger charge is -2.37. The number of pyridine rings is 1. The van der Waals surface area contributed by atoms with Gasteiger partial charge in [0.05, 0.1) is 24.7 Å². The van der Waals surface area contributed by atoms with Gasteiger partial charge in [0.15, 0.2) is 0 Å². The predicted molar refractivity (Wildman–Crippen MR) is 107 cm³/mol. The standard InChI is InChI=1S/C21H18F6N4O3/c1-19(23,24)16-13-8-33-18(28)31-20(13,9-34-16)12-6-11(3-4-14(12)22)30-17(32)15-5-2-10(7-29-15)21(25,26)27/h2-7,13,16H,8-9H2,1H3,(H2,28,31)(H,30,32).